The first-order valence-corrected chi connectivity index (χ1v) is 11.7. The fraction of sp³-hybridized carbons (Fsp3) is 0.435. The van der Waals surface area contributed by atoms with Crippen molar-refractivity contribution in [2.24, 2.45) is 0 Å². The Morgan fingerprint density at radius 3 is 2.78 bits per heavy atom. The minimum absolute atomic E-state index is 0.197. The zero-order chi connectivity index (χ0) is 22.1. The highest BCUT2D eigenvalue weighted by molar-refractivity contribution is 7.20. The summed E-state index contributed by atoms with van der Waals surface area (Å²) in [6.45, 7) is 6.92. The summed E-state index contributed by atoms with van der Waals surface area (Å²) >= 11 is 1.32. The molecule has 2 aliphatic rings. The highest BCUT2D eigenvalue weighted by atomic mass is 32.1. The first kappa shape index (κ1) is 21.0. The average Bonchev–Trinajstić information content (AvgIpc) is 3.39. The smallest absolute Gasteiger partial charge is 0.348 e. The summed E-state index contributed by atoms with van der Waals surface area (Å²) in [5, 5.41) is 0.734. The molecule has 2 aliphatic heterocycles. The van der Waals surface area contributed by atoms with E-state index in [1.807, 2.05) is 19.1 Å². The minimum atomic E-state index is -0.348. The van der Waals surface area contributed by atoms with Gasteiger partial charge in [0.05, 0.1) is 18.5 Å². The fourth-order valence-corrected chi connectivity index (χ4v) is 5.13. The van der Waals surface area contributed by atoms with Crippen LogP contribution in [-0.2, 0) is 11.3 Å². The molecule has 0 N–H and O–H groups in total. The predicted octanol–water partition coefficient (Wildman–Crippen LogP) is 4.68. The number of hydrogen-bond acceptors (Lipinski definition) is 9. The van der Waals surface area contributed by atoms with Gasteiger partial charge >= 0.3 is 5.97 Å². The lowest BCUT2D eigenvalue weighted by Gasteiger charge is -2.25. The average molecular weight is 456 g/mol. The number of rotatable bonds is 6. The zero-order valence-electron chi connectivity index (χ0n) is 18.2. The number of likely N-dealkylation sites (tertiary alicyclic amines) is 1. The monoisotopic (exact) mass is 455 g/mol. The lowest BCUT2D eigenvalue weighted by molar-refractivity contribution is 0.0531. The van der Waals surface area contributed by atoms with Gasteiger partial charge in [-0.2, -0.15) is 4.98 Å². The normalized spacial score (nSPS) is 15.8. The van der Waals surface area contributed by atoms with Crippen molar-refractivity contribution in [2.45, 2.75) is 39.7 Å². The molecule has 0 aliphatic carbocycles. The minimum Gasteiger partial charge on any atom is -0.462 e. The number of carbonyl (C=O) groups is 1. The number of piperidine rings is 1. The summed E-state index contributed by atoms with van der Waals surface area (Å²) in [6.07, 6.45) is 3.64. The molecule has 168 valence electrons. The van der Waals surface area contributed by atoms with Crippen LogP contribution < -0.4 is 14.2 Å². The van der Waals surface area contributed by atoms with Crippen molar-refractivity contribution >= 4 is 27.5 Å². The molecule has 5 rings (SSSR count). The molecule has 1 saturated heterocycles. The number of benzene rings is 1. The molecule has 8 nitrogen and oxygen atoms in total. The van der Waals surface area contributed by atoms with Crippen molar-refractivity contribution in [3.63, 3.8) is 0 Å². The first-order chi connectivity index (χ1) is 15.6. The second-order valence-electron chi connectivity index (χ2n) is 7.86. The van der Waals surface area contributed by atoms with Crippen LogP contribution in [0, 0.1) is 6.92 Å². The number of hydrogen-bond donors (Lipinski definition) is 0. The van der Waals surface area contributed by atoms with Crippen molar-refractivity contribution in [3.8, 4) is 23.1 Å². The van der Waals surface area contributed by atoms with Crippen LogP contribution in [0.1, 0.15) is 47.2 Å². The lowest BCUT2D eigenvalue weighted by atomic mass is 10.1. The molecule has 0 atom stereocenters. The molecule has 2 aromatic heterocycles. The van der Waals surface area contributed by atoms with E-state index in [-0.39, 0.29) is 12.8 Å². The lowest BCUT2D eigenvalue weighted by Crippen LogP contribution is -2.29. The number of fused-ring (bicyclic) bond motifs is 2. The van der Waals surface area contributed by atoms with Crippen LogP contribution in [0.3, 0.4) is 0 Å². The summed E-state index contributed by atoms with van der Waals surface area (Å²) in [5.41, 5.74) is 0.767. The second kappa shape index (κ2) is 8.91. The van der Waals surface area contributed by atoms with Crippen LogP contribution >= 0.6 is 11.3 Å². The van der Waals surface area contributed by atoms with Crippen molar-refractivity contribution in [3.05, 3.63) is 34.5 Å². The quantitative estimate of drug-likeness (QED) is 0.496. The van der Waals surface area contributed by atoms with Crippen LogP contribution in [0.5, 0.6) is 23.1 Å². The fourth-order valence-electron chi connectivity index (χ4n) is 4.05. The summed E-state index contributed by atoms with van der Waals surface area (Å²) < 4.78 is 22.3. The van der Waals surface area contributed by atoms with Crippen LogP contribution in [-0.4, -0.2) is 47.3 Å². The zero-order valence-corrected chi connectivity index (χ0v) is 19.0. The Hall–Kier alpha value is -2.91. The Bertz CT molecular complexity index is 1160. The molecular weight excluding hydrogens is 430 g/mol. The standard InChI is InChI=1S/C23H25N3O5S/c1-3-28-23(27)20-14(2)19-21(31-15-7-8-16-17(11-15)30-13-29-16)24-18(25-22(19)32-20)12-26-9-5-4-6-10-26/h7-8,11H,3-6,9-10,12-13H2,1-2H3. The van der Waals surface area contributed by atoms with Gasteiger partial charge < -0.3 is 18.9 Å². The molecule has 3 aromatic rings. The van der Waals surface area contributed by atoms with Gasteiger partial charge in [-0.15, -0.1) is 11.3 Å². The highest BCUT2D eigenvalue weighted by Gasteiger charge is 2.24. The number of carbonyl (C=O) groups excluding carboxylic acids is 1. The Balaban J connectivity index is 1.55. The van der Waals surface area contributed by atoms with Gasteiger partial charge in [0.1, 0.15) is 21.3 Å². The highest BCUT2D eigenvalue weighted by Crippen LogP contribution is 2.40. The van der Waals surface area contributed by atoms with Crippen molar-refractivity contribution in [1.82, 2.24) is 14.9 Å². The summed E-state index contributed by atoms with van der Waals surface area (Å²) in [5.74, 6) is 2.68. The van der Waals surface area contributed by atoms with Gasteiger partial charge in [-0.05, 0) is 57.5 Å². The van der Waals surface area contributed by atoms with E-state index in [2.05, 4.69) is 4.90 Å². The van der Waals surface area contributed by atoms with E-state index in [4.69, 9.17) is 28.9 Å². The van der Waals surface area contributed by atoms with Gasteiger partial charge in [0, 0.05) is 6.07 Å². The Labute approximate surface area is 190 Å². The molecule has 32 heavy (non-hydrogen) atoms. The molecule has 0 spiro atoms. The number of ether oxygens (including phenoxy) is 4. The maximum atomic E-state index is 12.5. The molecule has 1 fully saturated rings. The molecule has 0 amide bonds. The Morgan fingerprint density at radius 1 is 1.16 bits per heavy atom. The number of aromatic nitrogens is 2. The molecule has 0 bridgehead atoms. The maximum absolute atomic E-state index is 12.5. The largest absolute Gasteiger partial charge is 0.462 e. The van der Waals surface area contributed by atoms with Gasteiger partial charge in [0.15, 0.2) is 11.5 Å². The second-order valence-corrected chi connectivity index (χ2v) is 8.85. The molecule has 0 radical (unpaired) electrons. The van der Waals surface area contributed by atoms with E-state index < -0.39 is 0 Å². The van der Waals surface area contributed by atoms with Crippen LogP contribution in [0.15, 0.2) is 18.2 Å². The van der Waals surface area contributed by atoms with Gasteiger partial charge in [0.25, 0.3) is 0 Å². The third kappa shape index (κ3) is 4.10. The topological polar surface area (TPSA) is 83.0 Å². The number of aryl methyl sites for hydroxylation is 1. The van der Waals surface area contributed by atoms with Gasteiger partial charge in [-0.1, -0.05) is 6.42 Å². The first-order valence-electron chi connectivity index (χ1n) is 10.9. The molecule has 9 heteroatoms. The Morgan fingerprint density at radius 2 is 1.97 bits per heavy atom. The summed E-state index contributed by atoms with van der Waals surface area (Å²) in [4.78, 5) is 25.7. The van der Waals surface area contributed by atoms with E-state index >= 15 is 0 Å². The summed E-state index contributed by atoms with van der Waals surface area (Å²) in [7, 11) is 0. The molecule has 1 aromatic carbocycles. The molecule has 0 unspecified atom stereocenters. The van der Waals surface area contributed by atoms with Crippen molar-refractivity contribution < 1.29 is 23.7 Å². The van der Waals surface area contributed by atoms with E-state index in [0.29, 0.717) is 47.0 Å². The van der Waals surface area contributed by atoms with Gasteiger partial charge in [-0.3, -0.25) is 4.90 Å². The van der Waals surface area contributed by atoms with Crippen molar-refractivity contribution in [1.29, 1.82) is 0 Å². The summed E-state index contributed by atoms with van der Waals surface area (Å²) in [6, 6.07) is 5.42. The third-order valence-corrected chi connectivity index (χ3v) is 6.80. The van der Waals surface area contributed by atoms with Gasteiger partial charge in [-0.25, -0.2) is 9.78 Å². The maximum Gasteiger partial charge on any atom is 0.348 e. The Kier molecular flexibility index (Phi) is 5.84. The van der Waals surface area contributed by atoms with Crippen LogP contribution in [0.2, 0.25) is 0 Å². The number of esters is 1. The molecule has 0 saturated carbocycles. The van der Waals surface area contributed by atoms with Crippen LogP contribution in [0.4, 0.5) is 0 Å². The van der Waals surface area contributed by atoms with E-state index in [9.17, 15) is 4.79 Å². The SMILES string of the molecule is CCOC(=O)c1sc2nc(CN3CCCCC3)nc(Oc3ccc4c(c3)OCO4)c2c1C. The van der Waals surface area contributed by atoms with Crippen LogP contribution in [0.25, 0.3) is 10.2 Å². The van der Waals surface area contributed by atoms with E-state index in [0.717, 1.165) is 28.9 Å². The number of nitrogens with zero attached hydrogens (tertiary/aromatic N) is 3. The van der Waals surface area contributed by atoms with E-state index in [1.54, 1.807) is 13.0 Å². The van der Waals surface area contributed by atoms with Crippen molar-refractivity contribution in [2.75, 3.05) is 26.5 Å². The molecule has 4 heterocycles. The third-order valence-electron chi connectivity index (χ3n) is 5.64. The van der Waals surface area contributed by atoms with Gasteiger partial charge in [0.2, 0.25) is 12.7 Å². The van der Waals surface area contributed by atoms with E-state index in [1.165, 1.54) is 30.6 Å². The predicted molar refractivity (Wildman–Crippen MR) is 120 cm³/mol. The molecular formula is C23H25N3O5S. The number of thiophene rings is 1.